The summed E-state index contributed by atoms with van der Waals surface area (Å²) in [6, 6.07) is 13.7. The molecule has 7 nitrogen and oxygen atoms in total. The van der Waals surface area contributed by atoms with Crippen LogP contribution in [-0.4, -0.2) is 19.5 Å². The van der Waals surface area contributed by atoms with Gasteiger partial charge in [-0.15, -0.1) is 0 Å². The Bertz CT molecular complexity index is 1070. The molecule has 0 aliphatic carbocycles. The maximum absolute atomic E-state index is 6.27. The number of aromatic nitrogens is 4. The summed E-state index contributed by atoms with van der Waals surface area (Å²) >= 11 is 0. The first-order valence-corrected chi connectivity index (χ1v) is 8.21. The van der Waals surface area contributed by atoms with Crippen molar-refractivity contribution in [3.8, 4) is 11.4 Å². The molecule has 7 heteroatoms. The van der Waals surface area contributed by atoms with Crippen molar-refractivity contribution in [2.75, 3.05) is 10.7 Å². The number of hydrazine groups is 1. The minimum Gasteiger partial charge on any atom is -0.396 e. The number of fused-ring (bicyclic) bond motifs is 1. The second-order valence-corrected chi connectivity index (χ2v) is 6.19. The molecule has 0 saturated heterocycles. The van der Waals surface area contributed by atoms with Gasteiger partial charge in [-0.05, 0) is 35.9 Å². The minimum absolute atomic E-state index is 0.480. The third-order valence-corrected chi connectivity index (χ3v) is 4.17. The van der Waals surface area contributed by atoms with Gasteiger partial charge in [0.25, 0.3) is 0 Å². The molecule has 3 heterocycles. The smallest absolute Gasteiger partial charge is 0.166 e. The maximum atomic E-state index is 6.27. The normalized spacial score (nSPS) is 11.0. The van der Waals surface area contributed by atoms with Gasteiger partial charge < -0.3 is 10.3 Å². The van der Waals surface area contributed by atoms with E-state index in [1.807, 2.05) is 48.1 Å². The number of benzene rings is 1. The predicted molar refractivity (Wildman–Crippen MR) is 103 cm³/mol. The van der Waals surface area contributed by atoms with Crippen LogP contribution in [-0.2, 0) is 13.6 Å². The largest absolute Gasteiger partial charge is 0.396 e. The average Bonchev–Trinajstić information content (AvgIpc) is 3.08. The Kier molecular flexibility index (Phi) is 3.98. The summed E-state index contributed by atoms with van der Waals surface area (Å²) in [5.74, 6) is 6.80. The molecule has 4 N–H and O–H groups in total. The van der Waals surface area contributed by atoms with Gasteiger partial charge in [0.1, 0.15) is 5.69 Å². The molecule has 1 aromatic carbocycles. The Morgan fingerprint density at radius 3 is 2.77 bits per heavy atom. The molecule has 0 amide bonds. The van der Waals surface area contributed by atoms with E-state index in [0.717, 1.165) is 27.9 Å². The molecule has 4 aromatic rings. The highest BCUT2D eigenvalue weighted by Crippen LogP contribution is 2.25. The molecular weight excluding hydrogens is 326 g/mol. The number of aryl methyl sites for hydroxylation is 1. The van der Waals surface area contributed by atoms with E-state index in [9.17, 15) is 0 Å². The first-order valence-electron chi connectivity index (χ1n) is 8.21. The molecule has 0 radical (unpaired) electrons. The van der Waals surface area contributed by atoms with Crippen molar-refractivity contribution in [1.82, 2.24) is 19.5 Å². The predicted octanol–water partition coefficient (Wildman–Crippen LogP) is 2.49. The van der Waals surface area contributed by atoms with Gasteiger partial charge in [-0.2, -0.15) is 0 Å². The van der Waals surface area contributed by atoms with Gasteiger partial charge in [-0.25, -0.2) is 15.8 Å². The molecule has 0 saturated carbocycles. The Hall–Kier alpha value is -3.45. The fourth-order valence-corrected chi connectivity index (χ4v) is 2.87. The highest BCUT2D eigenvalue weighted by molar-refractivity contribution is 5.79. The summed E-state index contributed by atoms with van der Waals surface area (Å²) in [5.41, 5.74) is 10.1. The van der Waals surface area contributed by atoms with E-state index >= 15 is 0 Å². The van der Waals surface area contributed by atoms with Crippen molar-refractivity contribution in [1.29, 1.82) is 0 Å². The zero-order chi connectivity index (χ0) is 18.1. The van der Waals surface area contributed by atoms with Crippen molar-refractivity contribution in [3.63, 3.8) is 0 Å². The van der Waals surface area contributed by atoms with E-state index in [2.05, 4.69) is 21.0 Å². The molecule has 0 aliphatic heterocycles. The van der Waals surface area contributed by atoms with Gasteiger partial charge in [-0.1, -0.05) is 12.1 Å². The molecular formula is C19H19N7. The van der Waals surface area contributed by atoms with E-state index in [-0.39, 0.29) is 0 Å². The Labute approximate surface area is 150 Å². The average molecular weight is 345 g/mol. The molecule has 0 spiro atoms. The van der Waals surface area contributed by atoms with Gasteiger partial charge in [0.2, 0.25) is 0 Å². The second-order valence-electron chi connectivity index (χ2n) is 6.19. The van der Waals surface area contributed by atoms with Crippen LogP contribution in [0.4, 0.5) is 11.5 Å². The molecule has 0 aliphatic rings. The number of pyridine rings is 2. The van der Waals surface area contributed by atoms with Crippen molar-refractivity contribution in [2.45, 2.75) is 6.54 Å². The molecule has 26 heavy (non-hydrogen) atoms. The molecule has 4 rings (SSSR count). The third kappa shape index (κ3) is 3.07. The van der Waals surface area contributed by atoms with Crippen molar-refractivity contribution >= 4 is 22.4 Å². The van der Waals surface area contributed by atoms with E-state index in [0.29, 0.717) is 18.1 Å². The molecule has 3 aromatic heterocycles. The van der Waals surface area contributed by atoms with E-state index < -0.39 is 0 Å². The quantitative estimate of drug-likeness (QED) is 0.435. The van der Waals surface area contributed by atoms with E-state index in [1.54, 1.807) is 23.6 Å². The molecule has 130 valence electrons. The summed E-state index contributed by atoms with van der Waals surface area (Å²) in [6.45, 7) is 0.480. The van der Waals surface area contributed by atoms with Crippen LogP contribution in [0.1, 0.15) is 5.56 Å². The van der Waals surface area contributed by atoms with Crippen molar-refractivity contribution < 1.29 is 0 Å². The highest BCUT2D eigenvalue weighted by atomic mass is 15.4. The van der Waals surface area contributed by atoms with Crippen molar-refractivity contribution in [2.24, 2.45) is 12.9 Å². The number of imidazole rings is 1. The number of nitrogens with two attached hydrogens (primary N) is 2. The molecule has 0 atom stereocenters. The number of nitrogen functional groups attached to an aromatic ring is 1. The van der Waals surface area contributed by atoms with Gasteiger partial charge in [0.05, 0.1) is 29.8 Å². The van der Waals surface area contributed by atoms with Crippen LogP contribution < -0.4 is 16.6 Å². The second kappa shape index (κ2) is 6.45. The van der Waals surface area contributed by atoms with Crippen LogP contribution >= 0.6 is 0 Å². The molecule has 0 bridgehead atoms. The zero-order valence-electron chi connectivity index (χ0n) is 14.4. The summed E-state index contributed by atoms with van der Waals surface area (Å²) in [4.78, 5) is 13.3. The molecule has 0 unspecified atom stereocenters. The summed E-state index contributed by atoms with van der Waals surface area (Å²) in [7, 11) is 1.92. The van der Waals surface area contributed by atoms with E-state index in [4.69, 9.17) is 11.6 Å². The van der Waals surface area contributed by atoms with Gasteiger partial charge in [-0.3, -0.25) is 9.99 Å². The lowest BCUT2D eigenvalue weighted by molar-refractivity contribution is 0.836. The Balaban J connectivity index is 1.63. The van der Waals surface area contributed by atoms with Crippen molar-refractivity contribution in [3.05, 3.63) is 66.7 Å². The third-order valence-electron chi connectivity index (χ3n) is 4.17. The van der Waals surface area contributed by atoms with Crippen LogP contribution in [0.3, 0.4) is 0 Å². The van der Waals surface area contributed by atoms with Gasteiger partial charge >= 0.3 is 0 Å². The SMILES string of the molecule is Cn1cnc(-c2ccc(N)c(N(N)Cc3ccc4ncccc4c3)n2)c1. The van der Waals surface area contributed by atoms with Crippen LogP contribution in [0.5, 0.6) is 0 Å². The fourth-order valence-electron chi connectivity index (χ4n) is 2.87. The first-order chi connectivity index (χ1) is 12.6. The lowest BCUT2D eigenvalue weighted by Crippen LogP contribution is -2.31. The Morgan fingerprint density at radius 1 is 1.08 bits per heavy atom. The first kappa shape index (κ1) is 16.0. The summed E-state index contributed by atoms with van der Waals surface area (Å²) in [6.07, 6.45) is 5.42. The minimum atomic E-state index is 0.480. The topological polar surface area (TPSA) is 98.9 Å². The number of rotatable bonds is 4. The Morgan fingerprint density at radius 2 is 1.96 bits per heavy atom. The highest BCUT2D eigenvalue weighted by Gasteiger charge is 2.12. The van der Waals surface area contributed by atoms with E-state index in [1.165, 1.54) is 0 Å². The molecule has 0 fully saturated rings. The standard InChI is InChI=1S/C19H19N7/c1-25-11-18(23-12-25)17-7-5-15(20)19(24-17)26(21)10-13-4-6-16-14(9-13)3-2-8-22-16/h2-9,11-12H,10,20-21H2,1H3. The number of hydrogen-bond acceptors (Lipinski definition) is 6. The lowest BCUT2D eigenvalue weighted by Gasteiger charge is -2.20. The monoisotopic (exact) mass is 345 g/mol. The van der Waals surface area contributed by atoms with Gasteiger partial charge in [0, 0.05) is 24.8 Å². The summed E-state index contributed by atoms with van der Waals surface area (Å²) in [5, 5.41) is 2.63. The maximum Gasteiger partial charge on any atom is 0.166 e. The zero-order valence-corrected chi connectivity index (χ0v) is 14.4. The van der Waals surface area contributed by atoms with Crippen LogP contribution in [0, 0.1) is 0 Å². The van der Waals surface area contributed by atoms with Crippen LogP contribution in [0.25, 0.3) is 22.3 Å². The van der Waals surface area contributed by atoms with Crippen LogP contribution in [0.15, 0.2) is 61.2 Å². The number of hydrogen-bond donors (Lipinski definition) is 2. The number of nitrogens with zero attached hydrogens (tertiary/aromatic N) is 5. The lowest BCUT2D eigenvalue weighted by atomic mass is 10.1. The fraction of sp³-hybridized carbons (Fsp3) is 0.105. The number of anilines is 2. The summed E-state index contributed by atoms with van der Waals surface area (Å²) < 4.78 is 1.87. The van der Waals surface area contributed by atoms with Gasteiger partial charge in [0.15, 0.2) is 5.82 Å². The van der Waals surface area contributed by atoms with Crippen LogP contribution in [0.2, 0.25) is 0 Å².